The van der Waals surface area contributed by atoms with Gasteiger partial charge in [0.2, 0.25) is 26.3 Å². The molecule has 3 aliphatic rings. The fraction of sp³-hybridized carbons (Fsp3) is 0.667. The highest BCUT2D eigenvalue weighted by molar-refractivity contribution is 6.77. The maximum Gasteiger partial charge on any atom is 0.280 e. The Balaban J connectivity index is 0.000000169. The molecule has 11 atom stereocenters. The first kappa shape index (κ1) is 57.5. The molecule has 24 heteroatoms. The number of ether oxygens (including phenoxy) is 4. The molecule has 75 heavy (non-hydrogen) atoms. The van der Waals surface area contributed by atoms with E-state index in [2.05, 4.69) is 114 Å². The van der Waals surface area contributed by atoms with Gasteiger partial charge in [0.1, 0.15) is 30.2 Å². The van der Waals surface area contributed by atoms with Crippen LogP contribution >= 0.6 is 0 Å². The van der Waals surface area contributed by atoms with Gasteiger partial charge in [-0.2, -0.15) is 0 Å². The zero-order valence-electron chi connectivity index (χ0n) is 45.1. The second-order valence-electron chi connectivity index (χ2n) is 21.3. The third kappa shape index (κ3) is 10.3. The molecule has 414 valence electrons. The van der Waals surface area contributed by atoms with Crippen molar-refractivity contribution in [2.24, 2.45) is 18.9 Å². The number of aliphatic hydroxyl groups is 3. The third-order valence-corrected chi connectivity index (χ3v) is 21.4. The van der Waals surface area contributed by atoms with E-state index in [0.29, 0.717) is 82.3 Å². The summed E-state index contributed by atoms with van der Waals surface area (Å²) in [6, 6.07) is 0.541. The summed E-state index contributed by atoms with van der Waals surface area (Å²) in [4.78, 5) is 53.6. The molecule has 0 aliphatic carbocycles. The van der Waals surface area contributed by atoms with Crippen LogP contribution in [0.4, 0.5) is 0 Å². The number of aliphatic hydroxyl groups excluding tert-OH is 3. The Labute approximate surface area is 438 Å². The van der Waals surface area contributed by atoms with Crippen molar-refractivity contribution in [2.75, 3.05) is 13.7 Å². The standard InChI is InChI=1S/C22H35N5O4Si.C15H27N3O2.C13H15N5O4.CH4/c1-8-15-17(28)18(31-32(12(2)3,13(4)5)14(6)7)21(30-15)27-11-24-16-19(29)25-22-23-9-10-26(22)20(16)27;1-10(2)12-9-20-15(19-6)18(12)13(11(3)4)14-16-7-8-17(14)5;1-2-6-8(19)9(20)12(22-6)18-5-15-7-10(21)16-13-14-3-4-17(13)11(7)18;/h9-15,17-18,21,28H,8H2,1-7H3,(H,23,25,29);7-8,10-13,15H,9H2,1-6H3;3-6,8-9,12,19-20H,2H2,1H3,(H,14,16,21);1H4/t15-,17-,18-,21-;12-,13-,15-;6-,8-,9-,12-;/m111./s1. The molecule has 0 amide bonds. The van der Waals surface area contributed by atoms with Crippen molar-refractivity contribution in [3.8, 4) is 0 Å². The van der Waals surface area contributed by atoms with Crippen molar-refractivity contribution in [3.63, 3.8) is 0 Å². The fourth-order valence-corrected chi connectivity index (χ4v) is 17.2. The first-order valence-corrected chi connectivity index (χ1v) is 28.1. The number of imidazole rings is 5. The summed E-state index contributed by atoms with van der Waals surface area (Å²) in [5, 5.41) is 31.6. The van der Waals surface area contributed by atoms with Crippen LogP contribution in [-0.2, 0) is 30.4 Å². The van der Waals surface area contributed by atoms with Crippen molar-refractivity contribution in [1.29, 1.82) is 0 Å². The predicted octanol–water partition coefficient (Wildman–Crippen LogP) is 6.04. The molecule has 23 nitrogen and oxygen atoms in total. The maximum absolute atomic E-state index is 12.6. The van der Waals surface area contributed by atoms with Crippen LogP contribution in [0.2, 0.25) is 16.6 Å². The number of nitrogens with one attached hydrogen (secondary N) is 2. The Bertz CT molecular complexity index is 3080. The molecule has 0 aromatic carbocycles. The van der Waals surface area contributed by atoms with Crippen LogP contribution in [0.3, 0.4) is 0 Å². The number of rotatable bonds is 14. The van der Waals surface area contributed by atoms with Crippen LogP contribution in [0.25, 0.3) is 33.9 Å². The fourth-order valence-electron chi connectivity index (χ4n) is 11.7. The van der Waals surface area contributed by atoms with Crippen molar-refractivity contribution in [2.45, 2.75) is 188 Å². The molecule has 0 spiro atoms. The van der Waals surface area contributed by atoms with Crippen molar-refractivity contribution >= 4 is 42.2 Å². The number of H-pyrrole nitrogens is 2. The van der Waals surface area contributed by atoms with Gasteiger partial charge >= 0.3 is 0 Å². The minimum Gasteiger partial charge on any atom is -0.406 e. The highest BCUT2D eigenvalue weighted by atomic mass is 28.4. The Morgan fingerprint density at radius 3 is 1.64 bits per heavy atom. The van der Waals surface area contributed by atoms with E-state index >= 15 is 0 Å². The Hall–Kier alpha value is -5.15. The van der Waals surface area contributed by atoms with E-state index in [1.807, 2.05) is 37.9 Å². The number of hydrogen-bond acceptors (Lipinski definition) is 16. The second-order valence-corrected chi connectivity index (χ2v) is 26.7. The topological polar surface area (TPSA) is 264 Å². The van der Waals surface area contributed by atoms with Gasteiger partial charge in [0, 0.05) is 57.4 Å². The Kier molecular flexibility index (Phi) is 17.8. The normalized spacial score (nSPS) is 25.9. The minimum absolute atomic E-state index is 0. The van der Waals surface area contributed by atoms with Crippen molar-refractivity contribution < 1.29 is 38.7 Å². The summed E-state index contributed by atoms with van der Waals surface area (Å²) in [5.41, 5.74) is 1.96. The number of aromatic nitrogens is 12. The van der Waals surface area contributed by atoms with E-state index < -0.39 is 51.3 Å². The zero-order valence-corrected chi connectivity index (χ0v) is 46.1. The molecule has 7 aromatic rings. The second kappa shape index (κ2) is 23.2. The molecule has 0 saturated carbocycles. The van der Waals surface area contributed by atoms with Gasteiger partial charge < -0.3 is 43.3 Å². The van der Waals surface area contributed by atoms with Crippen molar-refractivity contribution in [3.05, 3.63) is 76.4 Å². The average molecular weight is 1060 g/mol. The van der Waals surface area contributed by atoms with Gasteiger partial charge in [0.25, 0.3) is 11.1 Å². The first-order valence-electron chi connectivity index (χ1n) is 26.0. The molecule has 10 rings (SSSR count). The van der Waals surface area contributed by atoms with Crippen LogP contribution < -0.4 is 11.1 Å². The van der Waals surface area contributed by atoms with E-state index in [-0.39, 0.29) is 42.6 Å². The monoisotopic (exact) mass is 1060 g/mol. The quantitative estimate of drug-likeness (QED) is 0.0777. The number of hydrogen-bond donors (Lipinski definition) is 5. The number of fused-ring (bicyclic) bond motifs is 6. The van der Waals surface area contributed by atoms with Gasteiger partial charge in [0.15, 0.2) is 34.8 Å². The van der Waals surface area contributed by atoms with Gasteiger partial charge in [-0.05, 0) is 41.3 Å². The Morgan fingerprint density at radius 2 is 1.20 bits per heavy atom. The number of nitrogens with zero attached hydrogens (tertiary/aromatic N) is 11. The maximum atomic E-state index is 12.6. The lowest BCUT2D eigenvalue weighted by molar-refractivity contribution is -0.178. The van der Waals surface area contributed by atoms with Gasteiger partial charge in [-0.15, -0.1) is 0 Å². The van der Waals surface area contributed by atoms with E-state index in [0.717, 1.165) is 5.82 Å². The summed E-state index contributed by atoms with van der Waals surface area (Å²) < 4.78 is 39.4. The molecule has 0 radical (unpaired) electrons. The molecule has 3 fully saturated rings. The molecule has 0 bridgehead atoms. The van der Waals surface area contributed by atoms with Crippen LogP contribution in [-0.4, -0.2) is 149 Å². The smallest absolute Gasteiger partial charge is 0.280 e. The number of methoxy groups -OCH3 is 1. The third-order valence-electron chi connectivity index (χ3n) is 15.3. The minimum atomic E-state index is -2.31. The van der Waals surface area contributed by atoms with E-state index in [4.69, 9.17) is 23.4 Å². The van der Waals surface area contributed by atoms with Crippen LogP contribution in [0, 0.1) is 11.8 Å². The van der Waals surface area contributed by atoms with E-state index in [1.54, 1.807) is 51.6 Å². The van der Waals surface area contributed by atoms with Gasteiger partial charge in [-0.1, -0.05) is 90.5 Å². The lowest BCUT2D eigenvalue weighted by Crippen LogP contribution is -2.53. The molecule has 0 unspecified atom stereocenters. The highest BCUT2D eigenvalue weighted by Crippen LogP contribution is 2.47. The molecular formula is C51H81N13O10Si. The molecule has 3 saturated heterocycles. The van der Waals surface area contributed by atoms with E-state index in [9.17, 15) is 24.9 Å². The molecule has 10 heterocycles. The summed E-state index contributed by atoms with van der Waals surface area (Å²) in [7, 11) is 1.44. The molecule has 3 aliphatic heterocycles. The summed E-state index contributed by atoms with van der Waals surface area (Å²) in [6.07, 6.45) is 8.83. The molecular weight excluding hydrogens is 983 g/mol. The number of aryl methyl sites for hydroxylation is 1. The highest BCUT2D eigenvalue weighted by Gasteiger charge is 2.54. The van der Waals surface area contributed by atoms with Crippen LogP contribution in [0.1, 0.15) is 128 Å². The Morgan fingerprint density at radius 1 is 0.707 bits per heavy atom. The van der Waals surface area contributed by atoms with Gasteiger partial charge in [0.05, 0.1) is 37.5 Å². The van der Waals surface area contributed by atoms with Gasteiger partial charge in [-0.25, -0.2) is 29.8 Å². The molecule has 7 aromatic heterocycles. The zero-order chi connectivity index (χ0) is 53.7. The lowest BCUT2D eigenvalue weighted by Gasteiger charge is -2.45. The summed E-state index contributed by atoms with van der Waals surface area (Å²) in [6.45, 7) is 26.8. The van der Waals surface area contributed by atoms with Crippen molar-refractivity contribution in [1.82, 2.24) is 62.3 Å². The SMILES string of the molecule is C.CC[C@H]1O[C@@H](n2cnc3c(=O)[nH]c4nccn4c32)[C@H](O)[C@@H]1O.CC[C@H]1O[C@@H](n2cnc3c(=O)[nH]c4nccn4c32)[C@H](O[Si](C(C)C)(C(C)C)C(C)C)[C@@H]1O.CO[C@@H]1OC[C@H](C(C)C)N1[C@@H](c1nccn1C)C(C)C. The predicted molar refractivity (Wildman–Crippen MR) is 285 cm³/mol. The van der Waals surface area contributed by atoms with E-state index in [1.165, 1.54) is 6.33 Å². The number of aromatic amines is 2. The van der Waals surface area contributed by atoms with Crippen LogP contribution in [0.5, 0.6) is 0 Å². The molecule has 5 N–H and O–H groups in total. The summed E-state index contributed by atoms with van der Waals surface area (Å²) in [5.74, 6) is 2.81. The largest absolute Gasteiger partial charge is 0.406 e. The first-order chi connectivity index (χ1) is 35.2. The van der Waals surface area contributed by atoms with Gasteiger partial charge in [-0.3, -0.25) is 37.5 Å². The lowest BCUT2D eigenvalue weighted by atomic mass is 9.96. The van der Waals surface area contributed by atoms with Crippen LogP contribution in [0.15, 0.2) is 59.4 Å². The summed E-state index contributed by atoms with van der Waals surface area (Å²) >= 11 is 0. The average Bonchev–Trinajstić information content (AvgIpc) is 4.22.